The minimum Gasteiger partial charge on any atom is -0.354 e. The maximum atomic E-state index is 4.41. The molecule has 2 N–H and O–H groups in total. The molecule has 0 saturated carbocycles. The second kappa shape index (κ2) is 9.75. The van der Waals surface area contributed by atoms with Crippen molar-refractivity contribution in [2.24, 2.45) is 4.99 Å². The summed E-state index contributed by atoms with van der Waals surface area (Å²) in [5.41, 5.74) is 0. The molecule has 0 spiro atoms. The average Bonchev–Trinajstić information content (AvgIpc) is 2.91. The van der Waals surface area contributed by atoms with Gasteiger partial charge in [0.1, 0.15) is 5.01 Å². The van der Waals surface area contributed by atoms with E-state index in [1.54, 1.807) is 11.3 Å². The number of thiazole rings is 1. The number of unbranched alkanes of at least 4 members (excludes halogenated alkanes) is 2. The zero-order valence-corrected chi connectivity index (χ0v) is 14.0. The molecular weight excluding hydrogens is 268 g/mol. The van der Waals surface area contributed by atoms with Crippen molar-refractivity contribution in [2.75, 3.05) is 7.05 Å². The molecular formula is C15H28N4S. The van der Waals surface area contributed by atoms with E-state index in [9.17, 15) is 0 Å². The van der Waals surface area contributed by atoms with Crippen LogP contribution < -0.4 is 10.6 Å². The van der Waals surface area contributed by atoms with E-state index in [0.717, 1.165) is 23.9 Å². The molecule has 20 heavy (non-hydrogen) atoms. The van der Waals surface area contributed by atoms with E-state index in [2.05, 4.69) is 41.4 Å². The van der Waals surface area contributed by atoms with Crippen molar-refractivity contribution < 1.29 is 0 Å². The van der Waals surface area contributed by atoms with Crippen molar-refractivity contribution in [3.8, 4) is 0 Å². The summed E-state index contributed by atoms with van der Waals surface area (Å²) >= 11 is 1.76. The lowest BCUT2D eigenvalue weighted by molar-refractivity contribution is 0.546. The molecule has 1 atom stereocenters. The minimum absolute atomic E-state index is 0.454. The second-order valence-electron chi connectivity index (χ2n) is 5.04. The zero-order valence-electron chi connectivity index (χ0n) is 13.2. The van der Waals surface area contributed by atoms with Gasteiger partial charge in [-0.15, -0.1) is 11.3 Å². The molecule has 1 unspecified atom stereocenters. The molecule has 1 heterocycles. The number of aryl methyl sites for hydroxylation is 1. The first-order valence-electron chi connectivity index (χ1n) is 7.60. The summed E-state index contributed by atoms with van der Waals surface area (Å²) in [4.78, 5) is 10.0. The van der Waals surface area contributed by atoms with Crippen LogP contribution in [0.5, 0.6) is 0 Å². The van der Waals surface area contributed by atoms with E-state index >= 15 is 0 Å². The fourth-order valence-corrected chi connectivity index (χ4v) is 2.76. The van der Waals surface area contributed by atoms with E-state index in [-0.39, 0.29) is 0 Å². The summed E-state index contributed by atoms with van der Waals surface area (Å²) in [6, 6.07) is 0.454. The van der Waals surface area contributed by atoms with Crippen LogP contribution in [0.1, 0.15) is 56.3 Å². The van der Waals surface area contributed by atoms with Gasteiger partial charge in [-0.05, 0) is 19.8 Å². The predicted molar refractivity (Wildman–Crippen MR) is 88.4 cm³/mol. The number of hydrogen-bond acceptors (Lipinski definition) is 3. The molecule has 114 valence electrons. The first kappa shape index (κ1) is 17.0. The average molecular weight is 296 g/mol. The Hall–Kier alpha value is -1.10. The maximum Gasteiger partial charge on any atom is 0.191 e. The van der Waals surface area contributed by atoms with Gasteiger partial charge in [-0.3, -0.25) is 4.99 Å². The van der Waals surface area contributed by atoms with E-state index in [0.29, 0.717) is 6.04 Å². The number of hydrogen-bond donors (Lipinski definition) is 2. The largest absolute Gasteiger partial charge is 0.354 e. The van der Waals surface area contributed by atoms with Crippen LogP contribution in [0, 0.1) is 0 Å². The van der Waals surface area contributed by atoms with Gasteiger partial charge in [0.25, 0.3) is 0 Å². The molecule has 4 nitrogen and oxygen atoms in total. The monoisotopic (exact) mass is 296 g/mol. The topological polar surface area (TPSA) is 49.3 Å². The molecule has 0 aliphatic carbocycles. The molecule has 0 amide bonds. The lowest BCUT2D eigenvalue weighted by Crippen LogP contribution is -2.41. The molecule has 0 aliphatic rings. The van der Waals surface area contributed by atoms with Crippen LogP contribution in [0.4, 0.5) is 0 Å². The van der Waals surface area contributed by atoms with E-state index in [1.807, 2.05) is 13.2 Å². The Labute approximate surface area is 127 Å². The van der Waals surface area contributed by atoms with Gasteiger partial charge in [0, 0.05) is 24.2 Å². The molecule has 1 rings (SSSR count). The van der Waals surface area contributed by atoms with Crippen LogP contribution in [0.15, 0.2) is 11.2 Å². The minimum atomic E-state index is 0.454. The summed E-state index contributed by atoms with van der Waals surface area (Å²) in [7, 11) is 1.81. The molecule has 0 bridgehead atoms. The smallest absolute Gasteiger partial charge is 0.191 e. The first-order chi connectivity index (χ1) is 9.69. The van der Waals surface area contributed by atoms with Gasteiger partial charge in [-0.25, -0.2) is 4.98 Å². The molecule has 0 saturated heterocycles. The van der Waals surface area contributed by atoms with Gasteiger partial charge in [0.05, 0.1) is 6.54 Å². The number of nitrogens with one attached hydrogen (secondary N) is 2. The highest BCUT2D eigenvalue weighted by Crippen LogP contribution is 2.12. The highest BCUT2D eigenvalue weighted by Gasteiger charge is 2.06. The van der Waals surface area contributed by atoms with Gasteiger partial charge in [0.15, 0.2) is 5.96 Å². The first-order valence-corrected chi connectivity index (χ1v) is 8.42. The Morgan fingerprint density at radius 2 is 2.20 bits per heavy atom. The molecule has 1 aromatic heterocycles. The van der Waals surface area contributed by atoms with Crippen molar-refractivity contribution in [3.63, 3.8) is 0 Å². The van der Waals surface area contributed by atoms with Crippen LogP contribution in [-0.4, -0.2) is 24.0 Å². The van der Waals surface area contributed by atoms with Crippen LogP contribution in [0.25, 0.3) is 0 Å². The summed E-state index contributed by atoms with van der Waals surface area (Å²) < 4.78 is 0. The highest BCUT2D eigenvalue weighted by atomic mass is 32.1. The van der Waals surface area contributed by atoms with E-state index < -0.39 is 0 Å². The Balaban J connectivity index is 2.32. The van der Waals surface area contributed by atoms with Gasteiger partial charge in [-0.2, -0.15) is 0 Å². The number of nitrogens with zero attached hydrogens (tertiary/aromatic N) is 2. The quantitative estimate of drug-likeness (QED) is 0.439. The van der Waals surface area contributed by atoms with Gasteiger partial charge < -0.3 is 10.6 Å². The molecule has 0 aromatic carbocycles. The van der Waals surface area contributed by atoms with E-state index in [1.165, 1.54) is 30.6 Å². The van der Waals surface area contributed by atoms with Crippen molar-refractivity contribution >= 4 is 17.3 Å². The summed E-state index contributed by atoms with van der Waals surface area (Å²) in [6.45, 7) is 7.34. The normalized spacial score (nSPS) is 13.3. The number of aliphatic imine (C=N–C) groups is 1. The SMILES string of the molecule is CCCCCC(C)NC(=NC)NCc1ncc(CC)s1. The Morgan fingerprint density at radius 3 is 2.80 bits per heavy atom. The lowest BCUT2D eigenvalue weighted by Gasteiger charge is -2.17. The third-order valence-corrected chi connectivity index (χ3v) is 4.35. The third-order valence-electron chi connectivity index (χ3n) is 3.20. The predicted octanol–water partition coefficient (Wildman–Crippen LogP) is 3.34. The zero-order chi connectivity index (χ0) is 14.8. The van der Waals surface area contributed by atoms with Gasteiger partial charge in [0.2, 0.25) is 0 Å². The van der Waals surface area contributed by atoms with Crippen LogP contribution >= 0.6 is 11.3 Å². The van der Waals surface area contributed by atoms with Crippen molar-refractivity contribution in [2.45, 2.75) is 65.5 Å². The molecule has 0 fully saturated rings. The second-order valence-corrected chi connectivity index (χ2v) is 6.24. The number of guanidine groups is 1. The van der Waals surface area contributed by atoms with Crippen LogP contribution in [0.2, 0.25) is 0 Å². The molecule has 1 aromatic rings. The van der Waals surface area contributed by atoms with E-state index in [4.69, 9.17) is 0 Å². The number of aromatic nitrogens is 1. The lowest BCUT2D eigenvalue weighted by atomic mass is 10.1. The summed E-state index contributed by atoms with van der Waals surface area (Å²) in [5.74, 6) is 0.863. The number of rotatable bonds is 8. The third kappa shape index (κ3) is 6.37. The maximum absolute atomic E-state index is 4.41. The van der Waals surface area contributed by atoms with Crippen molar-refractivity contribution in [3.05, 3.63) is 16.1 Å². The molecule has 0 aliphatic heterocycles. The fourth-order valence-electron chi connectivity index (χ4n) is 1.95. The van der Waals surface area contributed by atoms with Gasteiger partial charge in [-0.1, -0.05) is 33.1 Å². The highest BCUT2D eigenvalue weighted by molar-refractivity contribution is 7.11. The molecule has 5 heteroatoms. The Morgan fingerprint density at radius 1 is 1.40 bits per heavy atom. The van der Waals surface area contributed by atoms with Crippen molar-refractivity contribution in [1.29, 1.82) is 0 Å². The Bertz CT molecular complexity index is 400. The standard InChI is InChI=1S/C15H28N4S/c1-5-7-8-9-12(3)19-15(16-4)18-11-14-17-10-13(6-2)20-14/h10,12H,5-9,11H2,1-4H3,(H2,16,18,19). The Kier molecular flexibility index (Phi) is 8.26. The van der Waals surface area contributed by atoms with Crippen LogP contribution in [0.3, 0.4) is 0 Å². The summed E-state index contributed by atoms with van der Waals surface area (Å²) in [5, 5.41) is 7.88. The molecule has 0 radical (unpaired) electrons. The van der Waals surface area contributed by atoms with Gasteiger partial charge >= 0.3 is 0 Å². The van der Waals surface area contributed by atoms with Crippen molar-refractivity contribution in [1.82, 2.24) is 15.6 Å². The summed E-state index contributed by atoms with van der Waals surface area (Å²) in [6.07, 6.45) is 8.05. The fraction of sp³-hybridized carbons (Fsp3) is 0.733. The van der Waals surface area contributed by atoms with Crippen LogP contribution in [-0.2, 0) is 13.0 Å².